The van der Waals surface area contributed by atoms with Gasteiger partial charge in [-0.25, -0.2) is 8.78 Å². The van der Waals surface area contributed by atoms with Crippen molar-refractivity contribution in [3.8, 4) is 0 Å². The van der Waals surface area contributed by atoms with Gasteiger partial charge in [-0.15, -0.1) is 0 Å². The summed E-state index contributed by atoms with van der Waals surface area (Å²) in [7, 11) is 0. The summed E-state index contributed by atoms with van der Waals surface area (Å²) in [5.74, 6) is -0.713. The Morgan fingerprint density at radius 1 is 0.650 bits per heavy atom. The maximum absolute atomic E-state index is 12.2. The van der Waals surface area contributed by atoms with Crippen LogP contribution in [-0.4, -0.2) is 11.6 Å². The van der Waals surface area contributed by atoms with Gasteiger partial charge in [0.15, 0.2) is 11.6 Å². The molecule has 0 aliphatic carbocycles. The smallest absolute Gasteiger partial charge is 0.159 e. The van der Waals surface area contributed by atoms with Gasteiger partial charge in [0.1, 0.15) is 11.6 Å². The number of benzene rings is 2. The highest BCUT2D eigenvalue weighted by Crippen LogP contribution is 2.03. The minimum atomic E-state index is -0.315. The molecule has 0 radical (unpaired) electrons. The molecule has 2 nitrogen and oxygen atoms in total. The topological polar surface area (TPSA) is 34.1 Å². The number of Topliss-reactive ketones (excluding diaryl/α,β-unsaturated/α-hetero) is 2. The van der Waals surface area contributed by atoms with E-state index in [2.05, 4.69) is 0 Å². The fourth-order valence-electron chi connectivity index (χ4n) is 1.37. The van der Waals surface area contributed by atoms with Crippen LogP contribution in [0.1, 0.15) is 34.6 Å². The Morgan fingerprint density at radius 3 is 1.10 bits per heavy atom. The van der Waals surface area contributed by atoms with Crippen LogP contribution in [0.15, 0.2) is 48.5 Å². The molecule has 0 saturated heterocycles. The predicted octanol–water partition coefficient (Wildman–Crippen LogP) is 4.06. The molecule has 0 unspecified atom stereocenters. The summed E-state index contributed by atoms with van der Waals surface area (Å²) < 4.78 is 24.5. The number of carbonyl (C=O) groups excluding carboxylic acids is 2. The third kappa shape index (κ3) is 5.10. The van der Waals surface area contributed by atoms with Gasteiger partial charge in [0.05, 0.1) is 0 Å². The molecule has 0 heterocycles. The van der Waals surface area contributed by atoms with E-state index in [1.165, 1.54) is 62.4 Å². The number of hydrogen-bond donors (Lipinski definition) is 0. The van der Waals surface area contributed by atoms with Crippen molar-refractivity contribution < 1.29 is 18.4 Å². The molecule has 0 bridgehead atoms. The van der Waals surface area contributed by atoms with E-state index in [1.807, 2.05) is 0 Å². The van der Waals surface area contributed by atoms with Gasteiger partial charge in [-0.1, -0.05) is 0 Å². The Morgan fingerprint density at radius 2 is 0.900 bits per heavy atom. The Hall–Kier alpha value is -2.36. The lowest BCUT2D eigenvalue weighted by Crippen LogP contribution is -1.90. The first kappa shape index (κ1) is 15.7. The lowest BCUT2D eigenvalue weighted by molar-refractivity contribution is 0.100. The Bertz CT molecular complexity index is 531. The van der Waals surface area contributed by atoms with Crippen LogP contribution in [-0.2, 0) is 0 Å². The highest BCUT2D eigenvalue weighted by Gasteiger charge is 1.97. The third-order valence-electron chi connectivity index (χ3n) is 2.50. The summed E-state index contributed by atoms with van der Waals surface area (Å²) in [6, 6.07) is 11.0. The molecule has 0 spiro atoms. The van der Waals surface area contributed by atoms with Crippen molar-refractivity contribution >= 4 is 11.6 Å². The summed E-state index contributed by atoms with van der Waals surface area (Å²) in [6.07, 6.45) is 0. The predicted molar refractivity (Wildman–Crippen MR) is 72.8 cm³/mol. The first-order valence-corrected chi connectivity index (χ1v) is 5.93. The monoisotopic (exact) mass is 276 g/mol. The van der Waals surface area contributed by atoms with Crippen LogP contribution in [0.5, 0.6) is 0 Å². The van der Waals surface area contributed by atoms with E-state index in [9.17, 15) is 18.4 Å². The summed E-state index contributed by atoms with van der Waals surface area (Å²) in [5, 5.41) is 0. The molecule has 104 valence electrons. The molecule has 0 amide bonds. The Labute approximate surface area is 116 Å². The highest BCUT2D eigenvalue weighted by molar-refractivity contribution is 5.94. The fraction of sp³-hybridized carbons (Fsp3) is 0.125. The number of hydrogen-bond acceptors (Lipinski definition) is 2. The minimum Gasteiger partial charge on any atom is -0.295 e. The molecule has 20 heavy (non-hydrogen) atoms. The summed E-state index contributed by atoms with van der Waals surface area (Å²) in [6.45, 7) is 2.90. The van der Waals surface area contributed by atoms with E-state index in [4.69, 9.17) is 0 Å². The van der Waals surface area contributed by atoms with E-state index in [1.54, 1.807) is 0 Å². The molecule has 0 atom stereocenters. The van der Waals surface area contributed by atoms with Gasteiger partial charge in [0, 0.05) is 11.1 Å². The fourth-order valence-corrected chi connectivity index (χ4v) is 1.37. The molecule has 0 aromatic heterocycles. The van der Waals surface area contributed by atoms with Gasteiger partial charge in [-0.2, -0.15) is 0 Å². The quantitative estimate of drug-likeness (QED) is 0.775. The van der Waals surface area contributed by atoms with Crippen LogP contribution >= 0.6 is 0 Å². The standard InChI is InChI=1S/2C8H7FO/c2*1-6(10)7-2-4-8(9)5-3-7/h2*2-5H,1H3. The van der Waals surface area contributed by atoms with Crippen LogP contribution in [0, 0.1) is 11.6 Å². The maximum Gasteiger partial charge on any atom is 0.159 e. The van der Waals surface area contributed by atoms with Crippen LogP contribution in [0.25, 0.3) is 0 Å². The number of ketones is 2. The lowest BCUT2D eigenvalue weighted by Gasteiger charge is -1.91. The Balaban J connectivity index is 0.000000200. The Kier molecular flexibility index (Phi) is 5.72. The average molecular weight is 276 g/mol. The van der Waals surface area contributed by atoms with E-state index in [0.29, 0.717) is 11.1 Å². The van der Waals surface area contributed by atoms with Crippen molar-refractivity contribution in [1.29, 1.82) is 0 Å². The summed E-state index contributed by atoms with van der Waals surface area (Å²) in [5.41, 5.74) is 1.09. The van der Waals surface area contributed by atoms with Crippen molar-refractivity contribution in [2.24, 2.45) is 0 Å². The van der Waals surface area contributed by atoms with Gasteiger partial charge in [-0.05, 0) is 62.4 Å². The molecule has 2 aromatic rings. The second kappa shape index (κ2) is 7.28. The van der Waals surface area contributed by atoms with Gasteiger partial charge >= 0.3 is 0 Å². The van der Waals surface area contributed by atoms with E-state index in [-0.39, 0.29) is 23.2 Å². The molecule has 0 fully saturated rings. The largest absolute Gasteiger partial charge is 0.295 e. The molecule has 0 aliphatic rings. The van der Waals surface area contributed by atoms with Gasteiger partial charge in [0.2, 0.25) is 0 Å². The SMILES string of the molecule is CC(=O)c1ccc(F)cc1.CC(=O)c1ccc(F)cc1. The van der Waals surface area contributed by atoms with Crippen LogP contribution in [0.4, 0.5) is 8.78 Å². The molecule has 0 saturated carbocycles. The zero-order valence-electron chi connectivity index (χ0n) is 11.2. The highest BCUT2D eigenvalue weighted by atomic mass is 19.1. The lowest BCUT2D eigenvalue weighted by atomic mass is 10.1. The first-order valence-electron chi connectivity index (χ1n) is 5.93. The van der Waals surface area contributed by atoms with Crippen molar-refractivity contribution in [2.75, 3.05) is 0 Å². The van der Waals surface area contributed by atoms with Crippen molar-refractivity contribution in [3.05, 3.63) is 71.3 Å². The molecule has 0 N–H and O–H groups in total. The number of halogens is 2. The maximum atomic E-state index is 12.2. The molecule has 4 heteroatoms. The van der Waals surface area contributed by atoms with Gasteiger partial charge < -0.3 is 0 Å². The minimum absolute atomic E-state index is 0.0417. The second-order valence-electron chi connectivity index (χ2n) is 4.13. The molecular weight excluding hydrogens is 262 g/mol. The van der Waals surface area contributed by atoms with Gasteiger partial charge in [0.25, 0.3) is 0 Å². The number of carbonyl (C=O) groups is 2. The molecular formula is C16H14F2O2. The van der Waals surface area contributed by atoms with Gasteiger partial charge in [-0.3, -0.25) is 9.59 Å². The molecule has 2 rings (SSSR count). The van der Waals surface area contributed by atoms with E-state index < -0.39 is 0 Å². The van der Waals surface area contributed by atoms with Crippen LogP contribution < -0.4 is 0 Å². The van der Waals surface area contributed by atoms with Crippen molar-refractivity contribution in [3.63, 3.8) is 0 Å². The zero-order chi connectivity index (χ0) is 15.1. The summed E-state index contributed by atoms with van der Waals surface area (Å²) >= 11 is 0. The first-order chi connectivity index (χ1) is 9.40. The van der Waals surface area contributed by atoms with Crippen molar-refractivity contribution in [1.82, 2.24) is 0 Å². The summed E-state index contributed by atoms with van der Waals surface area (Å²) in [4.78, 5) is 21.3. The van der Waals surface area contributed by atoms with Crippen LogP contribution in [0.2, 0.25) is 0 Å². The van der Waals surface area contributed by atoms with E-state index in [0.717, 1.165) is 0 Å². The average Bonchev–Trinajstić information content (AvgIpc) is 2.40. The normalized spacial score (nSPS) is 9.40. The molecule has 2 aromatic carbocycles. The third-order valence-corrected chi connectivity index (χ3v) is 2.50. The van der Waals surface area contributed by atoms with E-state index >= 15 is 0 Å². The zero-order valence-corrected chi connectivity index (χ0v) is 11.2. The molecule has 0 aliphatic heterocycles. The second-order valence-corrected chi connectivity index (χ2v) is 4.13. The van der Waals surface area contributed by atoms with Crippen molar-refractivity contribution in [2.45, 2.75) is 13.8 Å². The van der Waals surface area contributed by atoms with Crippen LogP contribution in [0.3, 0.4) is 0 Å². The number of rotatable bonds is 2.